The molecular weight excluding hydrogens is 327 g/mol. The van der Waals surface area contributed by atoms with Gasteiger partial charge in [0.2, 0.25) is 0 Å². The number of rotatable bonds is 4. The van der Waals surface area contributed by atoms with Gasteiger partial charge in [-0.1, -0.05) is 12.1 Å². The highest BCUT2D eigenvalue weighted by atomic mass is 127. The van der Waals surface area contributed by atoms with E-state index in [1.54, 1.807) is 6.33 Å². The third-order valence-electron chi connectivity index (χ3n) is 2.31. The zero-order valence-electron chi connectivity index (χ0n) is 9.44. The molecule has 0 unspecified atom stereocenters. The third kappa shape index (κ3) is 3.55. The zero-order valence-corrected chi connectivity index (χ0v) is 11.6. The molecular formula is C12H13IN4. The van der Waals surface area contributed by atoms with Crippen LogP contribution in [0.3, 0.4) is 0 Å². The molecule has 2 aromatic rings. The van der Waals surface area contributed by atoms with E-state index in [4.69, 9.17) is 0 Å². The Morgan fingerprint density at radius 2 is 1.82 bits per heavy atom. The summed E-state index contributed by atoms with van der Waals surface area (Å²) in [5.74, 6) is 1.63. The van der Waals surface area contributed by atoms with Gasteiger partial charge in [0.25, 0.3) is 0 Å². The van der Waals surface area contributed by atoms with Gasteiger partial charge in [-0.05, 0) is 40.3 Å². The number of aromatic nitrogens is 2. The Labute approximate surface area is 114 Å². The molecule has 0 aliphatic rings. The van der Waals surface area contributed by atoms with Crippen molar-refractivity contribution in [3.8, 4) is 0 Å². The van der Waals surface area contributed by atoms with Gasteiger partial charge in [-0.15, -0.1) is 0 Å². The molecule has 0 fully saturated rings. The van der Waals surface area contributed by atoms with Crippen LogP contribution < -0.4 is 10.6 Å². The van der Waals surface area contributed by atoms with E-state index in [0.717, 1.165) is 18.2 Å². The maximum atomic E-state index is 4.16. The van der Waals surface area contributed by atoms with Crippen molar-refractivity contribution in [1.82, 2.24) is 9.97 Å². The van der Waals surface area contributed by atoms with E-state index in [0.29, 0.717) is 0 Å². The molecule has 0 saturated heterocycles. The Bertz CT molecular complexity index is 484. The molecule has 0 aliphatic heterocycles. The number of nitrogens with one attached hydrogen (secondary N) is 2. The van der Waals surface area contributed by atoms with Crippen molar-refractivity contribution in [2.24, 2.45) is 0 Å². The molecule has 0 saturated carbocycles. The minimum absolute atomic E-state index is 0.761. The van der Waals surface area contributed by atoms with Gasteiger partial charge >= 0.3 is 0 Å². The highest BCUT2D eigenvalue weighted by Crippen LogP contribution is 2.11. The average molecular weight is 340 g/mol. The van der Waals surface area contributed by atoms with Crippen molar-refractivity contribution < 1.29 is 0 Å². The summed E-state index contributed by atoms with van der Waals surface area (Å²) in [6.45, 7) is 0.761. The van der Waals surface area contributed by atoms with E-state index in [-0.39, 0.29) is 0 Å². The molecule has 4 nitrogen and oxygen atoms in total. The van der Waals surface area contributed by atoms with Crippen LogP contribution in [0.25, 0.3) is 0 Å². The minimum atomic E-state index is 0.761. The van der Waals surface area contributed by atoms with Crippen LogP contribution in [-0.2, 0) is 6.54 Å². The topological polar surface area (TPSA) is 49.8 Å². The highest BCUT2D eigenvalue weighted by molar-refractivity contribution is 14.1. The van der Waals surface area contributed by atoms with Gasteiger partial charge in [0, 0.05) is 23.2 Å². The smallest absolute Gasteiger partial charge is 0.131 e. The quantitative estimate of drug-likeness (QED) is 0.841. The first-order valence-corrected chi connectivity index (χ1v) is 6.34. The molecule has 0 aliphatic carbocycles. The van der Waals surface area contributed by atoms with Crippen molar-refractivity contribution >= 4 is 34.2 Å². The lowest BCUT2D eigenvalue weighted by atomic mass is 10.2. The number of anilines is 2. The second-order valence-corrected chi connectivity index (χ2v) is 4.76. The third-order valence-corrected chi connectivity index (χ3v) is 3.03. The lowest BCUT2D eigenvalue weighted by Gasteiger charge is -2.06. The van der Waals surface area contributed by atoms with Crippen molar-refractivity contribution in [3.05, 3.63) is 45.8 Å². The Balaban J connectivity index is 1.99. The molecule has 2 N–H and O–H groups in total. The lowest BCUT2D eigenvalue weighted by molar-refractivity contribution is 1.08. The predicted molar refractivity (Wildman–Crippen MR) is 78.1 cm³/mol. The number of nitrogens with zero attached hydrogens (tertiary/aromatic N) is 2. The molecule has 17 heavy (non-hydrogen) atoms. The van der Waals surface area contributed by atoms with E-state index < -0.39 is 0 Å². The van der Waals surface area contributed by atoms with E-state index >= 15 is 0 Å². The second-order valence-electron chi connectivity index (χ2n) is 3.52. The van der Waals surface area contributed by atoms with Crippen molar-refractivity contribution in [2.75, 3.05) is 17.7 Å². The van der Waals surface area contributed by atoms with Crippen LogP contribution in [0, 0.1) is 3.57 Å². The number of halogens is 1. The highest BCUT2D eigenvalue weighted by Gasteiger charge is 1.97. The lowest BCUT2D eigenvalue weighted by Crippen LogP contribution is -2.03. The number of hydrogen-bond donors (Lipinski definition) is 2. The SMILES string of the molecule is CNc1cc(NCc2ccc(I)cc2)ncn1. The van der Waals surface area contributed by atoms with Crippen molar-refractivity contribution in [1.29, 1.82) is 0 Å². The first kappa shape index (κ1) is 12.1. The van der Waals surface area contributed by atoms with E-state index in [1.165, 1.54) is 9.13 Å². The molecule has 1 aromatic carbocycles. The Kier molecular flexibility index (Phi) is 4.13. The summed E-state index contributed by atoms with van der Waals surface area (Å²) >= 11 is 2.30. The molecule has 1 aromatic heterocycles. The minimum Gasteiger partial charge on any atom is -0.373 e. The summed E-state index contributed by atoms with van der Waals surface area (Å²) in [4.78, 5) is 8.22. The molecule has 0 amide bonds. The van der Waals surface area contributed by atoms with E-state index in [1.807, 2.05) is 13.1 Å². The fourth-order valence-corrected chi connectivity index (χ4v) is 1.75. The van der Waals surface area contributed by atoms with Crippen LogP contribution in [0.4, 0.5) is 11.6 Å². The summed E-state index contributed by atoms with van der Waals surface area (Å²) in [7, 11) is 1.84. The Morgan fingerprint density at radius 1 is 1.12 bits per heavy atom. The van der Waals surface area contributed by atoms with Crippen LogP contribution >= 0.6 is 22.6 Å². The monoisotopic (exact) mass is 340 g/mol. The molecule has 5 heteroatoms. The Morgan fingerprint density at radius 3 is 2.53 bits per heavy atom. The number of hydrogen-bond acceptors (Lipinski definition) is 4. The standard InChI is InChI=1S/C12H13IN4/c1-14-11-6-12(17-8-16-11)15-7-9-2-4-10(13)5-3-9/h2-6,8H,7H2,1H3,(H2,14,15,16,17). The van der Waals surface area contributed by atoms with Gasteiger partial charge < -0.3 is 10.6 Å². The van der Waals surface area contributed by atoms with E-state index in [9.17, 15) is 0 Å². The summed E-state index contributed by atoms with van der Waals surface area (Å²) in [5, 5.41) is 6.24. The van der Waals surface area contributed by atoms with Gasteiger partial charge in [-0.25, -0.2) is 9.97 Å². The molecule has 1 heterocycles. The predicted octanol–water partition coefficient (Wildman–Crippen LogP) is 2.74. The first-order valence-electron chi connectivity index (χ1n) is 5.26. The molecule has 0 radical (unpaired) electrons. The van der Waals surface area contributed by atoms with Gasteiger partial charge in [0.15, 0.2) is 0 Å². The van der Waals surface area contributed by atoms with Gasteiger partial charge in [0.05, 0.1) is 0 Å². The number of benzene rings is 1. The molecule has 88 valence electrons. The average Bonchev–Trinajstić information content (AvgIpc) is 2.38. The summed E-state index contributed by atoms with van der Waals surface area (Å²) in [5.41, 5.74) is 1.23. The molecule has 0 spiro atoms. The largest absolute Gasteiger partial charge is 0.373 e. The first-order chi connectivity index (χ1) is 8.28. The summed E-state index contributed by atoms with van der Waals surface area (Å²) < 4.78 is 1.24. The normalized spacial score (nSPS) is 10.0. The molecule has 0 atom stereocenters. The fourth-order valence-electron chi connectivity index (χ4n) is 1.39. The maximum Gasteiger partial charge on any atom is 0.131 e. The second kappa shape index (κ2) is 5.81. The fraction of sp³-hybridized carbons (Fsp3) is 0.167. The van der Waals surface area contributed by atoms with Crippen LogP contribution in [0.2, 0.25) is 0 Å². The zero-order chi connectivity index (χ0) is 12.1. The molecule has 0 bridgehead atoms. The summed E-state index contributed by atoms with van der Waals surface area (Å²) in [6, 6.07) is 10.3. The molecule has 2 rings (SSSR count). The van der Waals surface area contributed by atoms with E-state index in [2.05, 4.69) is 67.5 Å². The van der Waals surface area contributed by atoms with Gasteiger partial charge in [-0.2, -0.15) is 0 Å². The summed E-state index contributed by atoms with van der Waals surface area (Å²) in [6.07, 6.45) is 1.54. The van der Waals surface area contributed by atoms with Crippen LogP contribution in [0.15, 0.2) is 36.7 Å². The van der Waals surface area contributed by atoms with Crippen LogP contribution in [-0.4, -0.2) is 17.0 Å². The maximum absolute atomic E-state index is 4.16. The van der Waals surface area contributed by atoms with Crippen LogP contribution in [0.1, 0.15) is 5.56 Å². The van der Waals surface area contributed by atoms with Gasteiger partial charge in [-0.3, -0.25) is 0 Å². The Hall–Kier alpha value is -1.37. The van der Waals surface area contributed by atoms with Gasteiger partial charge in [0.1, 0.15) is 18.0 Å². The van der Waals surface area contributed by atoms with Crippen LogP contribution in [0.5, 0.6) is 0 Å². The van der Waals surface area contributed by atoms with Crippen molar-refractivity contribution in [3.63, 3.8) is 0 Å². The van der Waals surface area contributed by atoms with Crippen molar-refractivity contribution in [2.45, 2.75) is 6.54 Å².